The first-order valence-electron chi connectivity index (χ1n) is 6.97. The number of ketones is 1. The Morgan fingerprint density at radius 3 is 2.40 bits per heavy atom. The first kappa shape index (κ1) is 14.8. The maximum absolute atomic E-state index is 12.2. The van der Waals surface area contributed by atoms with Gasteiger partial charge in [0.25, 0.3) is 0 Å². The van der Waals surface area contributed by atoms with E-state index in [1.54, 1.807) is 9.80 Å². The van der Waals surface area contributed by atoms with E-state index < -0.39 is 11.7 Å². The molecule has 20 heavy (non-hydrogen) atoms. The van der Waals surface area contributed by atoms with Crippen molar-refractivity contribution in [1.29, 1.82) is 0 Å². The fourth-order valence-corrected chi connectivity index (χ4v) is 2.87. The van der Waals surface area contributed by atoms with Gasteiger partial charge in [-0.15, -0.1) is 0 Å². The second-order valence-corrected chi connectivity index (χ2v) is 6.50. The topological polar surface area (TPSA) is 66.9 Å². The smallest absolute Gasteiger partial charge is 0.412 e. The van der Waals surface area contributed by atoms with Gasteiger partial charge in [-0.05, 0) is 27.2 Å². The monoisotopic (exact) mass is 282 g/mol. The Bertz CT molecular complexity index is 441. The molecule has 2 fully saturated rings. The second kappa shape index (κ2) is 5.07. The van der Waals surface area contributed by atoms with Crippen LogP contribution in [0.5, 0.6) is 0 Å². The van der Waals surface area contributed by atoms with Crippen molar-refractivity contribution in [1.82, 2.24) is 9.80 Å². The average Bonchev–Trinajstić information content (AvgIpc) is 2.65. The molecule has 0 aromatic rings. The van der Waals surface area contributed by atoms with Crippen LogP contribution in [-0.4, -0.2) is 51.9 Å². The molecule has 6 nitrogen and oxygen atoms in total. The maximum Gasteiger partial charge on any atom is 0.412 e. The minimum atomic E-state index is -0.569. The van der Waals surface area contributed by atoms with Crippen LogP contribution in [0.4, 0.5) is 4.79 Å². The molecular weight excluding hydrogens is 260 g/mol. The Hall–Kier alpha value is -1.59. The van der Waals surface area contributed by atoms with Gasteiger partial charge in [-0.25, -0.2) is 4.79 Å². The van der Waals surface area contributed by atoms with E-state index in [9.17, 15) is 14.4 Å². The fraction of sp³-hybridized carbons (Fsp3) is 0.786. The van der Waals surface area contributed by atoms with Crippen molar-refractivity contribution in [2.24, 2.45) is 0 Å². The standard InChI is InChI=1S/C14H22N2O4/c1-9(17)15-8-16(13(19)20-14(2,3)4)11-6-5-10(18)7-12(11)15/h11-12H,5-8H2,1-4H3/t11-,12+/m0/s1. The molecule has 2 aliphatic rings. The van der Waals surface area contributed by atoms with Gasteiger partial charge in [-0.3, -0.25) is 14.5 Å². The van der Waals surface area contributed by atoms with E-state index in [2.05, 4.69) is 0 Å². The van der Waals surface area contributed by atoms with E-state index in [4.69, 9.17) is 4.74 Å². The van der Waals surface area contributed by atoms with Crippen LogP contribution in [0.3, 0.4) is 0 Å². The summed E-state index contributed by atoms with van der Waals surface area (Å²) in [6, 6.07) is -0.298. The SMILES string of the molecule is CC(=O)N1CN(C(=O)OC(C)(C)C)[C@H]2CCC(=O)C[C@H]21. The quantitative estimate of drug-likeness (QED) is 0.676. The molecular formula is C14H22N2O4. The van der Waals surface area contributed by atoms with Crippen LogP contribution in [0.25, 0.3) is 0 Å². The van der Waals surface area contributed by atoms with Crippen LogP contribution in [-0.2, 0) is 14.3 Å². The number of rotatable bonds is 0. The normalized spacial score (nSPS) is 26.5. The third-order valence-corrected chi connectivity index (χ3v) is 3.74. The first-order chi connectivity index (χ1) is 9.19. The number of hydrogen-bond donors (Lipinski definition) is 0. The zero-order valence-electron chi connectivity index (χ0n) is 12.5. The lowest BCUT2D eigenvalue weighted by atomic mass is 9.89. The molecule has 1 saturated carbocycles. The second-order valence-electron chi connectivity index (χ2n) is 6.50. The summed E-state index contributed by atoms with van der Waals surface area (Å²) in [6.07, 6.45) is 0.994. The molecule has 1 heterocycles. The Balaban J connectivity index is 2.17. The summed E-state index contributed by atoms with van der Waals surface area (Å²) in [5.74, 6) is 0.0456. The van der Waals surface area contributed by atoms with Gasteiger partial charge in [-0.2, -0.15) is 0 Å². The predicted molar refractivity (Wildman–Crippen MR) is 71.9 cm³/mol. The van der Waals surface area contributed by atoms with E-state index in [-0.39, 0.29) is 30.4 Å². The van der Waals surface area contributed by atoms with Gasteiger partial charge in [0.05, 0.1) is 18.8 Å². The van der Waals surface area contributed by atoms with Crippen molar-refractivity contribution in [3.63, 3.8) is 0 Å². The van der Waals surface area contributed by atoms with Crippen LogP contribution in [0.15, 0.2) is 0 Å². The summed E-state index contributed by atoms with van der Waals surface area (Å²) >= 11 is 0. The molecule has 0 bridgehead atoms. The van der Waals surface area contributed by atoms with Crippen molar-refractivity contribution in [3.8, 4) is 0 Å². The molecule has 112 valence electrons. The first-order valence-corrected chi connectivity index (χ1v) is 6.97. The van der Waals surface area contributed by atoms with Crippen molar-refractivity contribution in [2.75, 3.05) is 6.67 Å². The fourth-order valence-electron chi connectivity index (χ4n) is 2.87. The predicted octanol–water partition coefficient (Wildman–Crippen LogP) is 1.53. The van der Waals surface area contributed by atoms with Crippen LogP contribution >= 0.6 is 0 Å². The molecule has 1 aliphatic carbocycles. The lowest BCUT2D eigenvalue weighted by molar-refractivity contribution is -0.131. The van der Waals surface area contributed by atoms with Crippen LogP contribution < -0.4 is 0 Å². The van der Waals surface area contributed by atoms with Gasteiger partial charge in [-0.1, -0.05) is 0 Å². The van der Waals surface area contributed by atoms with E-state index in [1.807, 2.05) is 20.8 Å². The summed E-state index contributed by atoms with van der Waals surface area (Å²) in [4.78, 5) is 38.7. The number of carbonyl (C=O) groups excluding carboxylic acids is 3. The van der Waals surface area contributed by atoms with Gasteiger partial charge in [0.1, 0.15) is 11.4 Å². The molecule has 6 heteroatoms. The summed E-state index contributed by atoms with van der Waals surface area (Å²) in [6.45, 7) is 7.12. The molecule has 0 aromatic carbocycles. The molecule has 2 atom stereocenters. The van der Waals surface area contributed by atoms with Crippen LogP contribution in [0, 0.1) is 0 Å². The highest BCUT2D eigenvalue weighted by Gasteiger charge is 2.47. The molecule has 0 N–H and O–H groups in total. The summed E-state index contributed by atoms with van der Waals surface area (Å²) in [5.41, 5.74) is -0.569. The molecule has 2 rings (SSSR count). The largest absolute Gasteiger partial charge is 0.444 e. The molecule has 0 radical (unpaired) electrons. The lowest BCUT2D eigenvalue weighted by Gasteiger charge is -2.31. The van der Waals surface area contributed by atoms with Gasteiger partial charge >= 0.3 is 6.09 Å². The molecule has 0 spiro atoms. The van der Waals surface area contributed by atoms with Gasteiger partial charge < -0.3 is 9.64 Å². The number of fused-ring (bicyclic) bond motifs is 1. The Morgan fingerprint density at radius 2 is 1.85 bits per heavy atom. The molecule has 1 saturated heterocycles. The number of Topliss-reactive ketones (excluding diaryl/α,β-unsaturated/α-hetero) is 1. The number of hydrogen-bond acceptors (Lipinski definition) is 4. The minimum absolute atomic E-state index is 0.105. The molecule has 0 aromatic heterocycles. The number of nitrogens with zero attached hydrogens (tertiary/aromatic N) is 2. The van der Waals surface area contributed by atoms with Gasteiger partial charge in [0.15, 0.2) is 0 Å². The van der Waals surface area contributed by atoms with Crippen molar-refractivity contribution in [3.05, 3.63) is 0 Å². The summed E-state index contributed by atoms with van der Waals surface area (Å²) in [7, 11) is 0. The van der Waals surface area contributed by atoms with Crippen LogP contribution in [0.1, 0.15) is 47.0 Å². The Morgan fingerprint density at radius 1 is 1.20 bits per heavy atom. The zero-order valence-corrected chi connectivity index (χ0v) is 12.5. The van der Waals surface area contributed by atoms with Crippen LogP contribution in [0.2, 0.25) is 0 Å². The Kier molecular flexibility index (Phi) is 3.75. The van der Waals surface area contributed by atoms with Crippen molar-refractivity contribution in [2.45, 2.75) is 64.6 Å². The Labute approximate surface area is 119 Å². The molecule has 2 amide bonds. The number of carbonyl (C=O) groups is 3. The van der Waals surface area contributed by atoms with E-state index in [0.717, 1.165) is 0 Å². The highest BCUT2D eigenvalue weighted by atomic mass is 16.6. The third kappa shape index (κ3) is 2.94. The minimum Gasteiger partial charge on any atom is -0.444 e. The highest BCUT2D eigenvalue weighted by Crippen LogP contribution is 2.32. The van der Waals surface area contributed by atoms with E-state index in [0.29, 0.717) is 19.3 Å². The zero-order chi connectivity index (χ0) is 15.1. The number of ether oxygens (including phenoxy) is 1. The van der Waals surface area contributed by atoms with Crippen molar-refractivity contribution < 1.29 is 19.1 Å². The van der Waals surface area contributed by atoms with Gasteiger partial charge in [0, 0.05) is 19.8 Å². The van der Waals surface area contributed by atoms with Gasteiger partial charge in [0.2, 0.25) is 5.91 Å². The summed E-state index contributed by atoms with van der Waals surface area (Å²) in [5, 5.41) is 0. The third-order valence-electron chi connectivity index (χ3n) is 3.74. The lowest BCUT2D eigenvalue weighted by Crippen LogP contribution is -2.46. The molecule has 1 aliphatic heterocycles. The molecule has 0 unspecified atom stereocenters. The van der Waals surface area contributed by atoms with E-state index >= 15 is 0 Å². The highest BCUT2D eigenvalue weighted by molar-refractivity contribution is 5.83. The van der Waals surface area contributed by atoms with E-state index in [1.165, 1.54) is 6.92 Å². The maximum atomic E-state index is 12.2. The average molecular weight is 282 g/mol. The summed E-state index contributed by atoms with van der Waals surface area (Å²) < 4.78 is 5.39. The van der Waals surface area contributed by atoms with Crippen molar-refractivity contribution >= 4 is 17.8 Å². The number of amides is 2.